The van der Waals surface area contributed by atoms with Crippen LogP contribution in [-0.2, 0) is 20.6 Å². The van der Waals surface area contributed by atoms with Gasteiger partial charge in [-0.15, -0.1) is 0 Å². The number of aromatic nitrogens is 2. The van der Waals surface area contributed by atoms with Gasteiger partial charge in [0.05, 0.1) is 6.67 Å². The molecule has 6 heteroatoms. The minimum Gasteiger partial charge on any atom is -0.459 e. The molecule has 0 saturated heterocycles. The van der Waals surface area contributed by atoms with Crippen LogP contribution >= 0.6 is 0 Å². The van der Waals surface area contributed by atoms with Crippen LogP contribution in [0.4, 0.5) is 5.82 Å². The number of anilines is 1. The third kappa shape index (κ3) is 2.25. The molecule has 1 aromatic carbocycles. The highest BCUT2D eigenvalue weighted by Gasteiger charge is 2.38. The minimum atomic E-state index is 0.00769. The number of nitrogens with one attached hydrogen (secondary N) is 1. The van der Waals surface area contributed by atoms with Gasteiger partial charge in [0.15, 0.2) is 19.7 Å². The molecule has 3 N–H and O–H groups in total. The zero-order valence-electron chi connectivity index (χ0n) is 13.1. The number of hydrogen-bond donors (Lipinski definition) is 3. The smallest absolute Gasteiger partial charge is 0.459 e. The molecule has 1 aromatic heterocycles. The Balaban J connectivity index is 1.94. The minimum absolute atomic E-state index is 0.00769. The quantitative estimate of drug-likeness (QED) is 0.715. The van der Waals surface area contributed by atoms with Gasteiger partial charge in [0.25, 0.3) is 5.82 Å². The number of fused-ring (bicyclic) bond motifs is 1. The summed E-state index contributed by atoms with van der Waals surface area (Å²) in [6.07, 6.45) is 0. The van der Waals surface area contributed by atoms with E-state index in [0.29, 0.717) is 13.2 Å². The van der Waals surface area contributed by atoms with Crippen LogP contribution in [0.5, 0.6) is 11.9 Å². The number of rotatable bonds is 2. The van der Waals surface area contributed by atoms with Crippen molar-refractivity contribution >= 4 is 5.82 Å². The largest absolute Gasteiger partial charge is 0.632 e. The second-order valence-electron chi connectivity index (χ2n) is 5.74. The van der Waals surface area contributed by atoms with E-state index in [1.807, 2.05) is 18.2 Å². The summed E-state index contributed by atoms with van der Waals surface area (Å²) in [6, 6.07) is 10.5. The molecule has 0 fully saturated rings. The number of nitrogens with zero attached hydrogens (tertiary/aromatic N) is 3. The maximum absolute atomic E-state index is 10.3. The lowest BCUT2D eigenvalue weighted by atomic mass is 10.1. The lowest BCUT2D eigenvalue weighted by Gasteiger charge is -2.32. The second-order valence-corrected chi connectivity index (χ2v) is 5.74. The number of hydrogen-bond acceptors (Lipinski definition) is 4. The van der Waals surface area contributed by atoms with Gasteiger partial charge < -0.3 is 15.5 Å². The second kappa shape index (κ2) is 5.46. The molecule has 6 nitrogen and oxygen atoms in total. The summed E-state index contributed by atoms with van der Waals surface area (Å²) in [5.74, 6) is 0.840. The first-order valence-electron chi connectivity index (χ1n) is 7.36. The van der Waals surface area contributed by atoms with Crippen LogP contribution in [0.3, 0.4) is 0 Å². The molecule has 2 aromatic rings. The van der Waals surface area contributed by atoms with Crippen molar-refractivity contribution in [3.8, 4) is 11.9 Å². The molecule has 22 heavy (non-hydrogen) atoms. The first-order valence-corrected chi connectivity index (χ1v) is 7.36. The van der Waals surface area contributed by atoms with E-state index in [2.05, 4.69) is 29.3 Å². The Labute approximate surface area is 129 Å². The standard InChI is InChI=1S/C16H20N4O2/c1-11(12-7-5-4-6-8-12)20-9-13-14(17-10-20)18(2)16(22)19(3)15(13)21/h4-8,11H,9-10H2,1-3H3,(H,17,21)/p+2. The number of benzene rings is 1. The highest BCUT2D eigenvalue weighted by molar-refractivity contribution is 5.45. The maximum Gasteiger partial charge on any atom is 0.632 e. The Kier molecular flexibility index (Phi) is 3.62. The van der Waals surface area contributed by atoms with Crippen LogP contribution in [0.2, 0.25) is 0 Å². The van der Waals surface area contributed by atoms with Gasteiger partial charge >= 0.3 is 11.9 Å². The monoisotopic (exact) mass is 302 g/mol. The fourth-order valence-corrected chi connectivity index (χ4v) is 2.95. The van der Waals surface area contributed by atoms with E-state index in [9.17, 15) is 10.2 Å². The highest BCUT2D eigenvalue weighted by Crippen LogP contribution is 2.30. The molecule has 0 saturated carbocycles. The van der Waals surface area contributed by atoms with Gasteiger partial charge in [-0.3, -0.25) is 4.90 Å². The Morgan fingerprint density at radius 1 is 1.14 bits per heavy atom. The fourth-order valence-electron chi connectivity index (χ4n) is 2.95. The first kappa shape index (κ1) is 14.6. The molecule has 3 rings (SSSR count). The van der Waals surface area contributed by atoms with Crippen LogP contribution in [0.15, 0.2) is 30.3 Å². The summed E-state index contributed by atoms with van der Waals surface area (Å²) in [5, 5.41) is 23.6. The third-order valence-corrected chi connectivity index (χ3v) is 4.45. The lowest BCUT2D eigenvalue weighted by molar-refractivity contribution is -0.807. The van der Waals surface area contributed by atoms with E-state index < -0.39 is 0 Å². The maximum atomic E-state index is 10.3. The van der Waals surface area contributed by atoms with Gasteiger partial charge in [0, 0.05) is 12.6 Å². The van der Waals surface area contributed by atoms with Gasteiger partial charge in [-0.05, 0) is 12.5 Å². The summed E-state index contributed by atoms with van der Waals surface area (Å²) in [7, 11) is 3.42. The van der Waals surface area contributed by atoms with Gasteiger partial charge in [-0.2, -0.15) is 0 Å². The summed E-state index contributed by atoms with van der Waals surface area (Å²) < 4.78 is 3.04. The van der Waals surface area contributed by atoms with Crippen molar-refractivity contribution in [1.82, 2.24) is 4.90 Å². The predicted octanol–water partition coefficient (Wildman–Crippen LogP) is 0.693. The molecular formula is C16H22N4O2+2. The van der Waals surface area contributed by atoms with Crippen LogP contribution in [0.1, 0.15) is 24.1 Å². The highest BCUT2D eigenvalue weighted by atomic mass is 16.3. The van der Waals surface area contributed by atoms with E-state index in [0.717, 1.165) is 11.4 Å². The fraction of sp³-hybridized carbons (Fsp3) is 0.375. The van der Waals surface area contributed by atoms with Gasteiger partial charge in [-0.25, -0.2) is 0 Å². The summed E-state index contributed by atoms with van der Waals surface area (Å²) in [4.78, 5) is 2.24. The molecule has 0 radical (unpaired) electrons. The molecule has 1 atom stereocenters. The van der Waals surface area contributed by atoms with Crippen LogP contribution in [0, 0.1) is 0 Å². The van der Waals surface area contributed by atoms with E-state index in [1.165, 1.54) is 10.1 Å². The Hall–Kier alpha value is -2.34. The first-order chi connectivity index (χ1) is 10.5. The van der Waals surface area contributed by atoms with Crippen molar-refractivity contribution in [1.29, 1.82) is 0 Å². The van der Waals surface area contributed by atoms with Crippen molar-refractivity contribution in [2.45, 2.75) is 19.5 Å². The summed E-state index contributed by atoms with van der Waals surface area (Å²) in [6.45, 7) is 3.43. The molecule has 2 heterocycles. The van der Waals surface area contributed by atoms with Crippen LogP contribution < -0.4 is 14.5 Å². The Bertz CT molecular complexity index is 703. The SMILES string of the molecule is CC(c1ccccc1)N1CNc2c(c(O)[n+](C)c(O)[n+]2C)C1. The normalized spacial score (nSPS) is 16.0. The lowest BCUT2D eigenvalue weighted by Crippen LogP contribution is -2.50. The van der Waals surface area contributed by atoms with E-state index in [-0.39, 0.29) is 17.9 Å². The molecule has 0 spiro atoms. The predicted molar refractivity (Wildman–Crippen MR) is 81.0 cm³/mol. The zero-order valence-corrected chi connectivity index (χ0v) is 13.1. The van der Waals surface area contributed by atoms with Gasteiger partial charge in [0.2, 0.25) is 0 Å². The molecular weight excluding hydrogens is 280 g/mol. The average molecular weight is 302 g/mol. The molecule has 1 unspecified atom stereocenters. The third-order valence-electron chi connectivity index (χ3n) is 4.45. The molecule has 116 valence electrons. The summed E-state index contributed by atoms with van der Waals surface area (Å²) >= 11 is 0. The molecule has 0 bridgehead atoms. The zero-order chi connectivity index (χ0) is 15.9. The summed E-state index contributed by atoms with van der Waals surface area (Å²) in [5.41, 5.74) is 2.02. The Morgan fingerprint density at radius 3 is 2.50 bits per heavy atom. The molecule has 0 amide bonds. The van der Waals surface area contributed by atoms with Crippen molar-refractivity contribution in [2.24, 2.45) is 14.1 Å². The van der Waals surface area contributed by atoms with Gasteiger partial charge in [0.1, 0.15) is 0 Å². The number of aromatic hydroxyl groups is 2. The van der Waals surface area contributed by atoms with Crippen molar-refractivity contribution < 1.29 is 19.3 Å². The topological polar surface area (TPSA) is 63.5 Å². The van der Waals surface area contributed by atoms with Crippen LogP contribution in [-0.4, -0.2) is 21.8 Å². The molecule has 1 aliphatic heterocycles. The van der Waals surface area contributed by atoms with E-state index in [1.54, 1.807) is 18.7 Å². The van der Waals surface area contributed by atoms with Crippen molar-refractivity contribution in [3.63, 3.8) is 0 Å². The van der Waals surface area contributed by atoms with Gasteiger partial charge in [-0.1, -0.05) is 39.5 Å². The van der Waals surface area contributed by atoms with Crippen molar-refractivity contribution in [3.05, 3.63) is 41.5 Å². The van der Waals surface area contributed by atoms with Crippen molar-refractivity contribution in [2.75, 3.05) is 12.0 Å². The molecule has 1 aliphatic rings. The van der Waals surface area contributed by atoms with E-state index >= 15 is 0 Å². The van der Waals surface area contributed by atoms with Crippen LogP contribution in [0.25, 0.3) is 0 Å². The average Bonchev–Trinajstić information content (AvgIpc) is 2.57. The Morgan fingerprint density at radius 2 is 1.82 bits per heavy atom. The molecule has 0 aliphatic carbocycles. The van der Waals surface area contributed by atoms with E-state index in [4.69, 9.17) is 0 Å².